The molecule has 0 N–H and O–H groups in total. The molecule has 2 aromatic carbocycles. The second kappa shape index (κ2) is 7.85. The average Bonchev–Trinajstić information content (AvgIpc) is 2.63. The molecule has 0 fully saturated rings. The summed E-state index contributed by atoms with van der Waals surface area (Å²) in [4.78, 5) is 0. The van der Waals surface area contributed by atoms with Gasteiger partial charge in [-0.3, -0.25) is 0 Å². The van der Waals surface area contributed by atoms with Gasteiger partial charge in [-0.15, -0.1) is 0 Å². The van der Waals surface area contributed by atoms with Crippen LogP contribution in [-0.2, 0) is 0 Å². The van der Waals surface area contributed by atoms with Gasteiger partial charge in [-0.1, -0.05) is 91.5 Å². The van der Waals surface area contributed by atoms with E-state index in [0.29, 0.717) is 0 Å². The molecule has 1 heterocycles. The molecule has 0 aliphatic carbocycles. The topological polar surface area (TPSA) is 0 Å². The van der Waals surface area contributed by atoms with Crippen LogP contribution in [0, 0.1) is 0 Å². The summed E-state index contributed by atoms with van der Waals surface area (Å²) in [6.45, 7) is 3.75. The van der Waals surface area contributed by atoms with E-state index < -0.39 is 0 Å². The Bertz CT molecular complexity index is 749. The van der Waals surface area contributed by atoms with Gasteiger partial charge in [-0.05, 0) is 27.8 Å². The third kappa shape index (κ3) is 3.75. The summed E-state index contributed by atoms with van der Waals surface area (Å²) in [6.07, 6.45) is 8.10. The summed E-state index contributed by atoms with van der Waals surface area (Å²) < 4.78 is 0. The van der Waals surface area contributed by atoms with E-state index in [2.05, 4.69) is 79.4 Å². The standard InChI is InChI=1S/C22H20S/c1-2-3-6-15-20-16-23-17-21(18-11-7-4-8-12-18)22(20)19-13-9-5-10-14-19/h2-15H,1,16-17H2/b6-3-,20-15+. The third-order valence-electron chi connectivity index (χ3n) is 3.86. The van der Waals surface area contributed by atoms with Crippen molar-refractivity contribution in [2.75, 3.05) is 11.5 Å². The summed E-state index contributed by atoms with van der Waals surface area (Å²) >= 11 is 1.98. The number of hydrogen-bond acceptors (Lipinski definition) is 1. The number of benzene rings is 2. The lowest BCUT2D eigenvalue weighted by Crippen LogP contribution is -2.06. The van der Waals surface area contributed by atoms with Crippen LogP contribution in [0.2, 0.25) is 0 Å². The van der Waals surface area contributed by atoms with Crippen LogP contribution in [0.5, 0.6) is 0 Å². The van der Waals surface area contributed by atoms with Gasteiger partial charge in [0.15, 0.2) is 0 Å². The first-order valence-electron chi connectivity index (χ1n) is 7.80. The molecule has 1 heteroatoms. The van der Waals surface area contributed by atoms with Crippen LogP contribution in [-0.4, -0.2) is 11.5 Å². The molecular formula is C22H20S. The van der Waals surface area contributed by atoms with Gasteiger partial charge in [-0.2, -0.15) is 11.8 Å². The molecule has 0 unspecified atom stereocenters. The van der Waals surface area contributed by atoms with Crippen LogP contribution in [0.25, 0.3) is 11.1 Å². The van der Waals surface area contributed by atoms with Gasteiger partial charge >= 0.3 is 0 Å². The largest absolute Gasteiger partial charge is 0.152 e. The molecule has 1 aliphatic rings. The Kier molecular flexibility index (Phi) is 5.33. The van der Waals surface area contributed by atoms with Gasteiger partial charge in [0, 0.05) is 11.5 Å². The SMILES string of the molecule is C=C/C=C\C=C1/CSCC(c2ccccc2)=C1c1ccccc1. The molecule has 1 aliphatic heterocycles. The zero-order chi connectivity index (χ0) is 15.9. The van der Waals surface area contributed by atoms with Crippen molar-refractivity contribution < 1.29 is 0 Å². The Balaban J connectivity index is 2.17. The summed E-state index contributed by atoms with van der Waals surface area (Å²) in [5.74, 6) is 2.10. The van der Waals surface area contributed by atoms with Crippen LogP contribution in [0.1, 0.15) is 11.1 Å². The second-order valence-electron chi connectivity index (χ2n) is 5.39. The van der Waals surface area contributed by atoms with Gasteiger partial charge in [0.1, 0.15) is 0 Å². The molecule has 0 bridgehead atoms. The van der Waals surface area contributed by atoms with Crippen LogP contribution in [0.4, 0.5) is 0 Å². The maximum Gasteiger partial charge on any atom is 0.0200 e. The molecule has 0 atom stereocenters. The Morgan fingerprint density at radius 2 is 1.43 bits per heavy atom. The van der Waals surface area contributed by atoms with Gasteiger partial charge in [0.05, 0.1) is 0 Å². The molecule has 0 radical (unpaired) electrons. The zero-order valence-electron chi connectivity index (χ0n) is 13.1. The van der Waals surface area contributed by atoms with Gasteiger partial charge < -0.3 is 0 Å². The first kappa shape index (κ1) is 15.6. The average molecular weight is 316 g/mol. The molecule has 0 saturated carbocycles. The molecule has 3 rings (SSSR count). The minimum Gasteiger partial charge on any atom is -0.152 e. The third-order valence-corrected chi connectivity index (χ3v) is 4.86. The smallest absolute Gasteiger partial charge is 0.0200 e. The van der Waals surface area contributed by atoms with Crippen molar-refractivity contribution in [3.63, 3.8) is 0 Å². The highest BCUT2D eigenvalue weighted by Gasteiger charge is 2.19. The van der Waals surface area contributed by atoms with E-state index in [1.807, 2.05) is 23.9 Å². The Morgan fingerprint density at radius 3 is 2.09 bits per heavy atom. The number of allylic oxidation sites excluding steroid dienone is 5. The fraction of sp³-hybridized carbons (Fsp3) is 0.0909. The van der Waals surface area contributed by atoms with Crippen LogP contribution in [0.3, 0.4) is 0 Å². The van der Waals surface area contributed by atoms with Crippen LogP contribution < -0.4 is 0 Å². The fourth-order valence-electron chi connectivity index (χ4n) is 2.81. The molecule has 0 amide bonds. The first-order valence-corrected chi connectivity index (χ1v) is 8.96. The van der Waals surface area contributed by atoms with Crippen molar-refractivity contribution in [1.82, 2.24) is 0 Å². The van der Waals surface area contributed by atoms with E-state index in [0.717, 1.165) is 11.5 Å². The summed E-state index contributed by atoms with van der Waals surface area (Å²) in [7, 11) is 0. The van der Waals surface area contributed by atoms with E-state index in [1.165, 1.54) is 27.8 Å². The summed E-state index contributed by atoms with van der Waals surface area (Å²) in [6, 6.07) is 21.4. The first-order chi connectivity index (χ1) is 11.4. The lowest BCUT2D eigenvalue weighted by Gasteiger charge is -2.24. The number of thioether (sulfide) groups is 1. The zero-order valence-corrected chi connectivity index (χ0v) is 13.9. The number of rotatable bonds is 4. The lowest BCUT2D eigenvalue weighted by atomic mass is 9.90. The Hall–Kier alpha value is -2.25. The predicted molar refractivity (Wildman–Crippen MR) is 104 cm³/mol. The van der Waals surface area contributed by atoms with Crippen LogP contribution >= 0.6 is 11.8 Å². The van der Waals surface area contributed by atoms with E-state index in [-0.39, 0.29) is 0 Å². The highest BCUT2D eigenvalue weighted by Crippen LogP contribution is 2.39. The maximum atomic E-state index is 3.75. The van der Waals surface area contributed by atoms with Crippen molar-refractivity contribution in [1.29, 1.82) is 0 Å². The highest BCUT2D eigenvalue weighted by molar-refractivity contribution is 8.00. The van der Waals surface area contributed by atoms with E-state index in [4.69, 9.17) is 0 Å². The minimum atomic E-state index is 1.04. The summed E-state index contributed by atoms with van der Waals surface area (Å²) in [5.41, 5.74) is 6.79. The van der Waals surface area contributed by atoms with E-state index >= 15 is 0 Å². The molecule has 0 nitrogen and oxygen atoms in total. The molecule has 114 valence electrons. The van der Waals surface area contributed by atoms with Crippen LogP contribution in [0.15, 0.2) is 97.1 Å². The molecule has 2 aromatic rings. The van der Waals surface area contributed by atoms with Crippen molar-refractivity contribution >= 4 is 22.9 Å². The lowest BCUT2D eigenvalue weighted by molar-refractivity contribution is 1.45. The van der Waals surface area contributed by atoms with Crippen molar-refractivity contribution in [3.8, 4) is 0 Å². The fourth-order valence-corrected chi connectivity index (χ4v) is 3.89. The van der Waals surface area contributed by atoms with Gasteiger partial charge in [0.25, 0.3) is 0 Å². The molecule has 0 saturated heterocycles. The van der Waals surface area contributed by atoms with Gasteiger partial charge in [-0.25, -0.2) is 0 Å². The van der Waals surface area contributed by atoms with Gasteiger partial charge in [0.2, 0.25) is 0 Å². The molecule has 0 aromatic heterocycles. The Morgan fingerprint density at radius 1 is 0.783 bits per heavy atom. The van der Waals surface area contributed by atoms with E-state index in [1.54, 1.807) is 0 Å². The predicted octanol–water partition coefficient (Wildman–Crippen LogP) is 6.01. The normalized spacial score (nSPS) is 17.0. The quantitative estimate of drug-likeness (QED) is 0.622. The molecule has 23 heavy (non-hydrogen) atoms. The minimum absolute atomic E-state index is 1.04. The van der Waals surface area contributed by atoms with Crippen molar-refractivity contribution in [2.24, 2.45) is 0 Å². The highest BCUT2D eigenvalue weighted by atomic mass is 32.2. The maximum absolute atomic E-state index is 3.75. The Labute approximate surface area is 142 Å². The van der Waals surface area contributed by atoms with Crippen molar-refractivity contribution in [2.45, 2.75) is 0 Å². The molecular weight excluding hydrogens is 296 g/mol. The van der Waals surface area contributed by atoms with Crippen molar-refractivity contribution in [3.05, 3.63) is 108 Å². The second-order valence-corrected chi connectivity index (χ2v) is 6.38. The van der Waals surface area contributed by atoms with E-state index in [9.17, 15) is 0 Å². The summed E-state index contributed by atoms with van der Waals surface area (Å²) in [5, 5.41) is 0. The molecule has 0 spiro atoms. The number of hydrogen-bond donors (Lipinski definition) is 0. The monoisotopic (exact) mass is 316 g/mol.